The van der Waals surface area contributed by atoms with Crippen LogP contribution in [-0.4, -0.2) is 12.7 Å². The van der Waals surface area contributed by atoms with Crippen LogP contribution in [0.4, 0.5) is 0 Å². The highest BCUT2D eigenvalue weighted by Gasteiger charge is 2.25. The Hall–Kier alpha value is -3.00. The molecule has 0 amide bonds. The van der Waals surface area contributed by atoms with Gasteiger partial charge in [0.1, 0.15) is 10.2 Å². The molecule has 5 nitrogen and oxygen atoms in total. The maximum atomic E-state index is 13.6. The highest BCUT2D eigenvalue weighted by molar-refractivity contribution is 9.10. The predicted octanol–water partition coefficient (Wildman–Crippen LogP) is 5.77. The molecule has 3 aromatic carbocycles. The topological polar surface area (TPSA) is 67.6 Å². The van der Waals surface area contributed by atoms with Gasteiger partial charge in [0.2, 0.25) is 10.0 Å². The molecule has 1 aromatic heterocycles. The first-order valence-electron chi connectivity index (χ1n) is 10.3. The number of aryl methyl sites for hydroxylation is 1. The molecule has 0 fully saturated rings. The Balaban J connectivity index is 1.69. The van der Waals surface area contributed by atoms with Gasteiger partial charge in [0, 0.05) is 18.7 Å². The third-order valence-corrected chi connectivity index (χ3v) is 7.78. The number of hydrogen-bond acceptors (Lipinski definition) is 4. The lowest BCUT2D eigenvalue weighted by Gasteiger charge is -2.23. The summed E-state index contributed by atoms with van der Waals surface area (Å²) in [7, 11) is -3.78. The summed E-state index contributed by atoms with van der Waals surface area (Å²) in [6.45, 7) is 2.20. The fourth-order valence-corrected chi connectivity index (χ4v) is 5.40. The first-order valence-corrected chi connectivity index (χ1v) is 12.6. The van der Waals surface area contributed by atoms with Gasteiger partial charge in [0.25, 0.3) is 0 Å². The number of halogens is 1. The van der Waals surface area contributed by atoms with Crippen LogP contribution in [0.2, 0.25) is 0 Å². The third-order valence-electron chi connectivity index (χ3n) is 5.22. The second-order valence-corrected chi connectivity index (χ2v) is 10.4. The van der Waals surface area contributed by atoms with Crippen molar-refractivity contribution in [2.75, 3.05) is 0 Å². The molecule has 0 saturated carbocycles. The molecule has 1 heterocycles. The van der Waals surface area contributed by atoms with E-state index in [0.29, 0.717) is 15.8 Å². The van der Waals surface area contributed by atoms with Crippen molar-refractivity contribution >= 4 is 26.0 Å². The van der Waals surface area contributed by atoms with E-state index in [1.807, 2.05) is 60.7 Å². The van der Waals surface area contributed by atoms with Crippen molar-refractivity contribution in [3.8, 4) is 11.1 Å². The minimum atomic E-state index is -3.78. The molecule has 4 rings (SSSR count). The number of hydrogen-bond donors (Lipinski definition) is 0. The zero-order valence-corrected chi connectivity index (χ0v) is 20.3. The lowest BCUT2D eigenvalue weighted by molar-refractivity contribution is 0.401. The SMILES string of the molecule is Cc1cc(-c2ccc(S(=O)(=O)N(Cc3ccccc3)Cc3ccccc3)cc2)c(Br)c(=O)o1. The van der Waals surface area contributed by atoms with Crippen LogP contribution in [0.15, 0.2) is 110 Å². The van der Waals surface area contributed by atoms with Crippen LogP contribution < -0.4 is 5.63 Å². The summed E-state index contributed by atoms with van der Waals surface area (Å²) in [5.74, 6) is 0.479. The molecule has 7 heteroatoms. The van der Waals surface area contributed by atoms with Gasteiger partial charge in [-0.25, -0.2) is 13.2 Å². The molecule has 0 spiro atoms. The molecule has 0 bridgehead atoms. The van der Waals surface area contributed by atoms with Gasteiger partial charge in [-0.15, -0.1) is 0 Å². The van der Waals surface area contributed by atoms with Gasteiger partial charge in [-0.3, -0.25) is 0 Å². The first kappa shape index (κ1) is 23.2. The molecule has 0 aliphatic carbocycles. The summed E-state index contributed by atoms with van der Waals surface area (Å²) >= 11 is 3.27. The van der Waals surface area contributed by atoms with Gasteiger partial charge in [0.15, 0.2) is 0 Å². The van der Waals surface area contributed by atoms with Crippen LogP contribution >= 0.6 is 15.9 Å². The second-order valence-electron chi connectivity index (χ2n) is 7.64. The zero-order valence-electron chi connectivity index (χ0n) is 17.9. The van der Waals surface area contributed by atoms with E-state index in [1.54, 1.807) is 37.3 Å². The maximum Gasteiger partial charge on any atom is 0.350 e. The molecule has 0 saturated heterocycles. The third kappa shape index (κ3) is 5.33. The zero-order chi connectivity index (χ0) is 23.4. The van der Waals surface area contributed by atoms with Gasteiger partial charge in [-0.05, 0) is 57.7 Å². The van der Waals surface area contributed by atoms with Crippen LogP contribution in [0.25, 0.3) is 11.1 Å². The van der Waals surface area contributed by atoms with Crippen molar-refractivity contribution in [1.82, 2.24) is 4.31 Å². The van der Waals surface area contributed by atoms with E-state index in [0.717, 1.165) is 16.7 Å². The Bertz CT molecular complexity index is 1360. The molecule has 0 radical (unpaired) electrons. The summed E-state index contributed by atoms with van der Waals surface area (Å²) in [5, 5.41) is 0. The maximum absolute atomic E-state index is 13.6. The number of benzene rings is 3. The average molecular weight is 524 g/mol. The van der Waals surface area contributed by atoms with Crippen LogP contribution in [-0.2, 0) is 23.1 Å². The molecular formula is C26H22BrNO4S. The van der Waals surface area contributed by atoms with Crippen molar-refractivity contribution in [2.24, 2.45) is 0 Å². The van der Waals surface area contributed by atoms with Gasteiger partial charge >= 0.3 is 5.63 Å². The second kappa shape index (κ2) is 9.87. The highest BCUT2D eigenvalue weighted by atomic mass is 79.9. The lowest BCUT2D eigenvalue weighted by Crippen LogP contribution is -2.30. The summed E-state index contributed by atoms with van der Waals surface area (Å²) in [6, 6.07) is 27.3. The molecule has 33 heavy (non-hydrogen) atoms. The molecular weight excluding hydrogens is 502 g/mol. The van der Waals surface area contributed by atoms with Crippen LogP contribution in [0.1, 0.15) is 16.9 Å². The average Bonchev–Trinajstić information content (AvgIpc) is 2.82. The Morgan fingerprint density at radius 2 is 1.33 bits per heavy atom. The molecule has 168 valence electrons. The molecule has 4 aromatic rings. The first-order chi connectivity index (χ1) is 15.8. The number of nitrogens with zero attached hydrogens (tertiary/aromatic N) is 1. The fourth-order valence-electron chi connectivity index (χ4n) is 3.56. The summed E-state index contributed by atoms with van der Waals surface area (Å²) < 4.78 is 34.1. The Labute approximate surface area is 201 Å². The van der Waals surface area contributed by atoms with Crippen LogP contribution in [0.3, 0.4) is 0 Å². The minimum absolute atomic E-state index is 0.189. The fraction of sp³-hybridized carbons (Fsp3) is 0.115. The molecule has 0 N–H and O–H groups in total. The standard InChI is InChI=1S/C26H22BrNO4S/c1-19-16-24(25(27)26(29)32-19)22-12-14-23(15-13-22)33(30,31)28(17-20-8-4-2-5-9-20)18-21-10-6-3-7-11-21/h2-16H,17-18H2,1H3. The van der Waals surface area contributed by atoms with Crippen molar-refractivity contribution in [2.45, 2.75) is 24.9 Å². The van der Waals surface area contributed by atoms with E-state index in [4.69, 9.17) is 4.42 Å². The largest absolute Gasteiger partial charge is 0.427 e. The van der Waals surface area contributed by atoms with Crippen molar-refractivity contribution in [3.63, 3.8) is 0 Å². The quantitative estimate of drug-likeness (QED) is 0.308. The minimum Gasteiger partial charge on any atom is -0.427 e. The highest BCUT2D eigenvalue weighted by Crippen LogP contribution is 2.29. The Kier molecular flexibility index (Phi) is 6.93. The molecule has 0 aliphatic heterocycles. The van der Waals surface area contributed by atoms with E-state index >= 15 is 0 Å². The molecule has 0 unspecified atom stereocenters. The number of rotatable bonds is 7. The van der Waals surface area contributed by atoms with Crippen molar-refractivity contribution < 1.29 is 12.8 Å². The Morgan fingerprint density at radius 3 is 1.85 bits per heavy atom. The van der Waals surface area contributed by atoms with Gasteiger partial charge in [0.05, 0.1) is 4.90 Å². The van der Waals surface area contributed by atoms with Gasteiger partial charge in [-0.2, -0.15) is 4.31 Å². The van der Waals surface area contributed by atoms with Crippen molar-refractivity contribution in [1.29, 1.82) is 0 Å². The summed E-state index contributed by atoms with van der Waals surface area (Å²) in [4.78, 5) is 12.2. The van der Waals surface area contributed by atoms with E-state index in [-0.39, 0.29) is 18.0 Å². The lowest BCUT2D eigenvalue weighted by atomic mass is 10.1. The number of sulfonamides is 1. The van der Waals surface area contributed by atoms with Gasteiger partial charge in [-0.1, -0.05) is 72.8 Å². The van der Waals surface area contributed by atoms with E-state index in [9.17, 15) is 13.2 Å². The van der Waals surface area contributed by atoms with Crippen LogP contribution in [0.5, 0.6) is 0 Å². The monoisotopic (exact) mass is 523 g/mol. The van der Waals surface area contributed by atoms with E-state index in [2.05, 4.69) is 15.9 Å². The smallest absolute Gasteiger partial charge is 0.350 e. The summed E-state index contributed by atoms with van der Waals surface area (Å²) in [5.41, 5.74) is 2.71. The predicted molar refractivity (Wildman–Crippen MR) is 132 cm³/mol. The van der Waals surface area contributed by atoms with E-state index in [1.165, 1.54) is 4.31 Å². The van der Waals surface area contributed by atoms with Crippen LogP contribution in [0, 0.1) is 6.92 Å². The van der Waals surface area contributed by atoms with Crippen molar-refractivity contribution in [3.05, 3.63) is 123 Å². The molecule has 0 atom stereocenters. The van der Waals surface area contributed by atoms with Gasteiger partial charge < -0.3 is 4.42 Å². The molecule has 0 aliphatic rings. The Morgan fingerprint density at radius 1 is 0.818 bits per heavy atom. The normalized spacial score (nSPS) is 11.6. The summed E-state index contributed by atoms with van der Waals surface area (Å²) in [6.07, 6.45) is 0. The van der Waals surface area contributed by atoms with E-state index < -0.39 is 15.6 Å².